The lowest BCUT2D eigenvalue weighted by Crippen LogP contribution is -2.25. The van der Waals surface area contributed by atoms with Gasteiger partial charge in [0.2, 0.25) is 0 Å². The highest BCUT2D eigenvalue weighted by molar-refractivity contribution is 6.30. The highest BCUT2D eigenvalue weighted by Crippen LogP contribution is 2.20. The molecule has 0 aliphatic carbocycles. The van der Waals surface area contributed by atoms with E-state index in [9.17, 15) is 0 Å². The molecule has 0 bridgehead atoms. The number of nitrogens with one attached hydrogen (secondary N) is 1. The first-order valence-electron chi connectivity index (χ1n) is 6.22. The number of aromatic nitrogens is 2. The Morgan fingerprint density at radius 2 is 2.37 bits per heavy atom. The summed E-state index contributed by atoms with van der Waals surface area (Å²) < 4.78 is 1.93. The molecule has 0 saturated carbocycles. The summed E-state index contributed by atoms with van der Waals surface area (Å²) in [5.74, 6) is 0. The molecule has 0 radical (unpaired) electrons. The summed E-state index contributed by atoms with van der Waals surface area (Å²) in [6.45, 7) is 2.32. The van der Waals surface area contributed by atoms with Gasteiger partial charge in [-0.25, -0.2) is 0 Å². The van der Waals surface area contributed by atoms with Gasteiger partial charge in [0.25, 0.3) is 0 Å². The standard InChI is InChI=1S/C14H13ClN4/c15-11-3-1-2-10(6-11)9-19-14-4-5-17-8-12(14)13(7-16)18-19/h1-3,6,17H,4-5,8-9H2. The summed E-state index contributed by atoms with van der Waals surface area (Å²) in [7, 11) is 0. The van der Waals surface area contributed by atoms with Gasteiger partial charge in [0, 0.05) is 35.8 Å². The van der Waals surface area contributed by atoms with Crippen molar-refractivity contribution in [3.63, 3.8) is 0 Å². The molecule has 0 unspecified atom stereocenters. The van der Waals surface area contributed by atoms with E-state index in [2.05, 4.69) is 16.5 Å². The maximum Gasteiger partial charge on any atom is 0.167 e. The highest BCUT2D eigenvalue weighted by atomic mass is 35.5. The second-order valence-electron chi connectivity index (χ2n) is 4.60. The largest absolute Gasteiger partial charge is 0.312 e. The molecule has 1 N–H and O–H groups in total. The maximum atomic E-state index is 9.14. The molecule has 0 atom stereocenters. The summed E-state index contributed by atoms with van der Waals surface area (Å²) in [5, 5.41) is 17.5. The third-order valence-corrected chi connectivity index (χ3v) is 3.57. The van der Waals surface area contributed by atoms with Gasteiger partial charge in [0.15, 0.2) is 5.69 Å². The summed E-state index contributed by atoms with van der Waals surface area (Å²) in [4.78, 5) is 0. The van der Waals surface area contributed by atoms with E-state index in [4.69, 9.17) is 16.9 Å². The second-order valence-corrected chi connectivity index (χ2v) is 5.04. The lowest BCUT2D eigenvalue weighted by Gasteiger charge is -2.15. The average molecular weight is 273 g/mol. The maximum absolute atomic E-state index is 9.14. The van der Waals surface area contributed by atoms with E-state index in [1.165, 1.54) is 0 Å². The molecular weight excluding hydrogens is 260 g/mol. The molecule has 1 aromatic heterocycles. The molecule has 5 heteroatoms. The van der Waals surface area contributed by atoms with Gasteiger partial charge in [0.1, 0.15) is 6.07 Å². The predicted octanol–water partition coefficient (Wildman–Crippen LogP) is 2.10. The molecule has 1 aromatic carbocycles. The summed E-state index contributed by atoms with van der Waals surface area (Å²) in [6, 6.07) is 9.92. The van der Waals surface area contributed by atoms with Gasteiger partial charge in [-0.2, -0.15) is 10.4 Å². The van der Waals surface area contributed by atoms with Crippen LogP contribution in [-0.2, 0) is 19.5 Å². The van der Waals surface area contributed by atoms with Crippen LogP contribution >= 0.6 is 11.6 Å². The SMILES string of the molecule is N#Cc1nn(Cc2cccc(Cl)c2)c2c1CNCC2. The van der Waals surface area contributed by atoms with Gasteiger partial charge in [-0.3, -0.25) is 4.68 Å². The minimum absolute atomic E-state index is 0.532. The van der Waals surface area contributed by atoms with Crippen LogP contribution in [0.1, 0.15) is 22.5 Å². The molecule has 1 aliphatic heterocycles. The minimum atomic E-state index is 0.532. The average Bonchev–Trinajstić information content (AvgIpc) is 2.77. The van der Waals surface area contributed by atoms with E-state index in [0.29, 0.717) is 12.2 Å². The Labute approximate surface area is 116 Å². The lowest BCUT2D eigenvalue weighted by molar-refractivity contribution is 0.582. The molecule has 0 amide bonds. The molecule has 3 rings (SSSR count). The van der Waals surface area contributed by atoms with Crippen molar-refractivity contribution in [3.8, 4) is 6.07 Å². The molecular formula is C14H13ClN4. The van der Waals surface area contributed by atoms with E-state index in [1.807, 2.05) is 28.9 Å². The molecule has 96 valence electrons. The Kier molecular flexibility index (Phi) is 3.24. The van der Waals surface area contributed by atoms with Crippen molar-refractivity contribution in [1.82, 2.24) is 15.1 Å². The smallest absolute Gasteiger partial charge is 0.167 e. The van der Waals surface area contributed by atoms with Crippen LogP contribution in [0.25, 0.3) is 0 Å². The van der Waals surface area contributed by atoms with Crippen molar-refractivity contribution in [2.75, 3.05) is 6.54 Å². The van der Waals surface area contributed by atoms with Crippen molar-refractivity contribution < 1.29 is 0 Å². The van der Waals surface area contributed by atoms with Crippen LogP contribution in [-0.4, -0.2) is 16.3 Å². The van der Waals surface area contributed by atoms with E-state index >= 15 is 0 Å². The fraction of sp³-hybridized carbons (Fsp3) is 0.286. The number of halogens is 1. The Balaban J connectivity index is 1.97. The van der Waals surface area contributed by atoms with Crippen molar-refractivity contribution in [2.45, 2.75) is 19.5 Å². The Bertz CT molecular complexity index is 654. The fourth-order valence-corrected chi connectivity index (χ4v) is 2.66. The van der Waals surface area contributed by atoms with Crippen LogP contribution < -0.4 is 5.32 Å². The molecule has 0 fully saturated rings. The second kappa shape index (κ2) is 5.04. The fourth-order valence-electron chi connectivity index (χ4n) is 2.45. The lowest BCUT2D eigenvalue weighted by atomic mass is 10.1. The number of benzene rings is 1. The van der Waals surface area contributed by atoms with Crippen LogP contribution in [0.2, 0.25) is 5.02 Å². The van der Waals surface area contributed by atoms with Crippen molar-refractivity contribution in [1.29, 1.82) is 5.26 Å². The first kappa shape index (κ1) is 12.2. The Hall–Kier alpha value is -1.83. The van der Waals surface area contributed by atoms with Gasteiger partial charge in [-0.05, 0) is 17.7 Å². The highest BCUT2D eigenvalue weighted by Gasteiger charge is 2.20. The molecule has 0 spiro atoms. The van der Waals surface area contributed by atoms with Gasteiger partial charge in [-0.1, -0.05) is 23.7 Å². The van der Waals surface area contributed by atoms with E-state index < -0.39 is 0 Å². The Morgan fingerprint density at radius 1 is 1.47 bits per heavy atom. The molecule has 19 heavy (non-hydrogen) atoms. The number of fused-ring (bicyclic) bond motifs is 1. The van der Waals surface area contributed by atoms with Gasteiger partial charge in [-0.15, -0.1) is 0 Å². The number of nitriles is 1. The van der Waals surface area contributed by atoms with Gasteiger partial charge >= 0.3 is 0 Å². The van der Waals surface area contributed by atoms with Crippen LogP contribution in [0.5, 0.6) is 0 Å². The monoisotopic (exact) mass is 272 g/mol. The molecule has 2 heterocycles. The minimum Gasteiger partial charge on any atom is -0.312 e. The normalized spacial score (nSPS) is 13.9. The van der Waals surface area contributed by atoms with Crippen molar-refractivity contribution in [3.05, 3.63) is 51.8 Å². The van der Waals surface area contributed by atoms with Crippen LogP contribution in [0.4, 0.5) is 0 Å². The zero-order chi connectivity index (χ0) is 13.2. The molecule has 1 aliphatic rings. The first-order chi connectivity index (χ1) is 9.28. The molecule has 0 saturated heterocycles. The van der Waals surface area contributed by atoms with E-state index in [-0.39, 0.29) is 0 Å². The van der Waals surface area contributed by atoms with Crippen molar-refractivity contribution >= 4 is 11.6 Å². The first-order valence-corrected chi connectivity index (χ1v) is 6.59. The quantitative estimate of drug-likeness (QED) is 0.911. The molecule has 2 aromatic rings. The van der Waals surface area contributed by atoms with Gasteiger partial charge < -0.3 is 5.32 Å². The number of hydrogen-bond donors (Lipinski definition) is 1. The molecule has 4 nitrogen and oxygen atoms in total. The third-order valence-electron chi connectivity index (χ3n) is 3.33. The van der Waals surface area contributed by atoms with Crippen molar-refractivity contribution in [2.24, 2.45) is 0 Å². The van der Waals surface area contributed by atoms with Crippen LogP contribution in [0, 0.1) is 11.3 Å². The zero-order valence-electron chi connectivity index (χ0n) is 10.4. The predicted molar refractivity (Wildman–Crippen MR) is 72.9 cm³/mol. The van der Waals surface area contributed by atoms with E-state index in [0.717, 1.165) is 41.4 Å². The van der Waals surface area contributed by atoms with E-state index in [1.54, 1.807) is 0 Å². The third kappa shape index (κ3) is 2.35. The number of hydrogen-bond acceptors (Lipinski definition) is 3. The topological polar surface area (TPSA) is 53.6 Å². The Morgan fingerprint density at radius 3 is 3.16 bits per heavy atom. The van der Waals surface area contributed by atoms with Crippen LogP contribution in [0.15, 0.2) is 24.3 Å². The summed E-state index contributed by atoms with van der Waals surface area (Å²) in [6.07, 6.45) is 0.907. The van der Waals surface area contributed by atoms with Gasteiger partial charge in [0.05, 0.1) is 6.54 Å². The number of rotatable bonds is 2. The summed E-state index contributed by atoms with van der Waals surface area (Å²) in [5.41, 5.74) is 3.83. The van der Waals surface area contributed by atoms with Crippen LogP contribution in [0.3, 0.4) is 0 Å². The zero-order valence-corrected chi connectivity index (χ0v) is 11.1. The summed E-state index contributed by atoms with van der Waals surface area (Å²) >= 11 is 5.99. The number of nitrogens with zero attached hydrogens (tertiary/aromatic N) is 3.